The molecular weight excluding hydrogens is 172 g/mol. The Bertz CT molecular complexity index is 429. The summed E-state index contributed by atoms with van der Waals surface area (Å²) < 4.78 is 0. The van der Waals surface area contributed by atoms with E-state index in [0.717, 1.165) is 12.8 Å². The number of fused-ring (bicyclic) bond motifs is 1. The first-order valence-corrected chi connectivity index (χ1v) is 5.15. The Morgan fingerprint density at radius 2 is 2.07 bits per heavy atom. The molecule has 0 radical (unpaired) electrons. The van der Waals surface area contributed by atoms with Gasteiger partial charge in [0.2, 0.25) is 0 Å². The first kappa shape index (κ1) is 9.28. The Hall–Kier alpha value is -1.28. The second-order valence-corrected chi connectivity index (χ2v) is 3.52. The number of aryl methyl sites for hydroxylation is 1. The summed E-state index contributed by atoms with van der Waals surface area (Å²) in [6, 6.07) is 8.44. The normalized spacial score (nSPS) is 11.0. The molecule has 0 unspecified atom stereocenters. The number of nitrogens with one attached hydrogen (secondary N) is 1. The largest absolute Gasteiger partial charge is 0.358 e. The molecule has 74 valence electrons. The third kappa shape index (κ3) is 1.42. The molecule has 3 N–H and O–H groups in total. The van der Waals surface area contributed by atoms with Gasteiger partial charge < -0.3 is 10.7 Å². The van der Waals surface area contributed by atoms with Crippen molar-refractivity contribution in [1.29, 1.82) is 0 Å². The van der Waals surface area contributed by atoms with Gasteiger partial charge in [-0.2, -0.15) is 0 Å². The van der Waals surface area contributed by atoms with Gasteiger partial charge >= 0.3 is 0 Å². The summed E-state index contributed by atoms with van der Waals surface area (Å²) in [4.78, 5) is 3.44. The number of nitrogens with two attached hydrogens (primary N) is 1. The number of benzene rings is 1. The minimum absolute atomic E-state index is 0.708. The fraction of sp³-hybridized carbons (Fsp3) is 0.333. The van der Waals surface area contributed by atoms with Gasteiger partial charge in [-0.25, -0.2) is 0 Å². The fourth-order valence-electron chi connectivity index (χ4n) is 2.02. The van der Waals surface area contributed by atoms with Crippen molar-refractivity contribution in [1.82, 2.24) is 4.98 Å². The van der Waals surface area contributed by atoms with E-state index in [1.165, 1.54) is 22.2 Å². The molecule has 2 heteroatoms. The van der Waals surface area contributed by atoms with Crippen LogP contribution in [0.25, 0.3) is 10.9 Å². The van der Waals surface area contributed by atoms with E-state index in [4.69, 9.17) is 5.73 Å². The molecule has 0 aliphatic carbocycles. The van der Waals surface area contributed by atoms with Gasteiger partial charge in [-0.05, 0) is 24.6 Å². The van der Waals surface area contributed by atoms with E-state index in [2.05, 4.69) is 36.2 Å². The van der Waals surface area contributed by atoms with Crippen LogP contribution in [0.2, 0.25) is 0 Å². The molecule has 2 rings (SSSR count). The zero-order valence-electron chi connectivity index (χ0n) is 8.51. The summed E-state index contributed by atoms with van der Waals surface area (Å²) in [7, 11) is 0. The maximum atomic E-state index is 5.59. The van der Waals surface area contributed by atoms with Crippen molar-refractivity contribution in [2.45, 2.75) is 19.8 Å². The Morgan fingerprint density at radius 1 is 1.29 bits per heavy atom. The van der Waals surface area contributed by atoms with Crippen molar-refractivity contribution in [2.75, 3.05) is 6.54 Å². The molecule has 0 saturated carbocycles. The number of hydrogen-bond donors (Lipinski definition) is 2. The molecule has 1 aromatic carbocycles. The molecule has 2 nitrogen and oxygen atoms in total. The Morgan fingerprint density at radius 3 is 2.79 bits per heavy atom. The zero-order chi connectivity index (χ0) is 9.97. The van der Waals surface area contributed by atoms with E-state index in [9.17, 15) is 0 Å². The van der Waals surface area contributed by atoms with Gasteiger partial charge in [-0.15, -0.1) is 0 Å². The minimum atomic E-state index is 0.708. The number of aromatic nitrogens is 1. The predicted molar refractivity (Wildman–Crippen MR) is 60.4 cm³/mol. The van der Waals surface area contributed by atoms with E-state index in [0.29, 0.717) is 6.54 Å². The molecular formula is C12H16N2. The smallest absolute Gasteiger partial charge is 0.0458 e. The maximum absolute atomic E-state index is 5.59. The van der Waals surface area contributed by atoms with Crippen molar-refractivity contribution in [3.8, 4) is 0 Å². The molecule has 0 atom stereocenters. The third-order valence-corrected chi connectivity index (χ3v) is 2.65. The van der Waals surface area contributed by atoms with Crippen molar-refractivity contribution in [2.24, 2.45) is 5.73 Å². The molecule has 0 spiro atoms. The lowest BCUT2D eigenvalue weighted by Crippen LogP contribution is -2.04. The number of para-hydroxylation sites is 1. The minimum Gasteiger partial charge on any atom is -0.358 e. The second-order valence-electron chi connectivity index (χ2n) is 3.52. The van der Waals surface area contributed by atoms with Crippen LogP contribution in [0.4, 0.5) is 0 Å². The highest BCUT2D eigenvalue weighted by Gasteiger charge is 2.07. The third-order valence-electron chi connectivity index (χ3n) is 2.65. The van der Waals surface area contributed by atoms with Gasteiger partial charge in [-0.3, -0.25) is 0 Å². The predicted octanol–water partition coefficient (Wildman–Crippen LogP) is 2.23. The van der Waals surface area contributed by atoms with Crippen LogP contribution in [0.1, 0.15) is 18.2 Å². The Labute approximate surface area is 84.1 Å². The Kier molecular flexibility index (Phi) is 2.55. The molecule has 0 bridgehead atoms. The monoisotopic (exact) mass is 188 g/mol. The molecule has 0 aliphatic heterocycles. The molecule has 0 saturated heterocycles. The van der Waals surface area contributed by atoms with Crippen LogP contribution in [-0.2, 0) is 12.8 Å². The lowest BCUT2D eigenvalue weighted by atomic mass is 10.1. The van der Waals surface area contributed by atoms with Gasteiger partial charge in [-0.1, -0.05) is 25.1 Å². The lowest BCUT2D eigenvalue weighted by molar-refractivity contribution is 0.915. The lowest BCUT2D eigenvalue weighted by Gasteiger charge is -1.98. The van der Waals surface area contributed by atoms with Crippen LogP contribution in [0, 0.1) is 0 Å². The average molecular weight is 188 g/mol. The Balaban J connectivity index is 2.60. The summed E-state index contributed by atoms with van der Waals surface area (Å²) in [5.41, 5.74) is 9.54. The molecule has 0 aliphatic rings. The fourth-order valence-corrected chi connectivity index (χ4v) is 2.02. The van der Waals surface area contributed by atoms with Crippen molar-refractivity contribution >= 4 is 10.9 Å². The van der Waals surface area contributed by atoms with Gasteiger partial charge in [0.15, 0.2) is 0 Å². The molecule has 0 amide bonds. The van der Waals surface area contributed by atoms with Gasteiger partial charge in [0.05, 0.1) is 0 Å². The van der Waals surface area contributed by atoms with Crippen LogP contribution >= 0.6 is 0 Å². The number of rotatable bonds is 3. The van der Waals surface area contributed by atoms with Gasteiger partial charge in [0, 0.05) is 23.0 Å². The molecule has 1 aromatic heterocycles. The number of H-pyrrole nitrogens is 1. The summed E-state index contributed by atoms with van der Waals surface area (Å²) >= 11 is 0. The van der Waals surface area contributed by atoms with E-state index >= 15 is 0 Å². The average Bonchev–Trinajstić information content (AvgIpc) is 2.55. The van der Waals surface area contributed by atoms with Gasteiger partial charge in [0.1, 0.15) is 0 Å². The van der Waals surface area contributed by atoms with Crippen molar-refractivity contribution in [3.63, 3.8) is 0 Å². The molecule has 2 aromatic rings. The van der Waals surface area contributed by atoms with Gasteiger partial charge in [0.25, 0.3) is 0 Å². The summed E-state index contributed by atoms with van der Waals surface area (Å²) in [6.45, 7) is 2.90. The van der Waals surface area contributed by atoms with E-state index in [1.54, 1.807) is 0 Å². The van der Waals surface area contributed by atoms with Crippen molar-refractivity contribution < 1.29 is 0 Å². The first-order chi connectivity index (χ1) is 6.86. The van der Waals surface area contributed by atoms with E-state index in [1.807, 2.05) is 0 Å². The summed E-state index contributed by atoms with van der Waals surface area (Å²) in [5, 5.41) is 1.35. The highest BCUT2D eigenvalue weighted by molar-refractivity contribution is 5.84. The highest BCUT2D eigenvalue weighted by Crippen LogP contribution is 2.22. The second kappa shape index (κ2) is 3.84. The first-order valence-electron chi connectivity index (χ1n) is 5.15. The van der Waals surface area contributed by atoms with E-state index < -0.39 is 0 Å². The SMILES string of the molecule is CCc1c(CCN)[nH]c2ccccc12. The van der Waals surface area contributed by atoms with Crippen molar-refractivity contribution in [3.05, 3.63) is 35.5 Å². The van der Waals surface area contributed by atoms with Crippen LogP contribution in [0.3, 0.4) is 0 Å². The van der Waals surface area contributed by atoms with Crippen LogP contribution in [-0.4, -0.2) is 11.5 Å². The van der Waals surface area contributed by atoms with E-state index in [-0.39, 0.29) is 0 Å². The molecule has 1 heterocycles. The van der Waals surface area contributed by atoms with Crippen LogP contribution in [0.5, 0.6) is 0 Å². The number of aromatic amines is 1. The zero-order valence-corrected chi connectivity index (χ0v) is 8.51. The van der Waals surface area contributed by atoms with Crippen LogP contribution in [0.15, 0.2) is 24.3 Å². The maximum Gasteiger partial charge on any atom is 0.0458 e. The topological polar surface area (TPSA) is 41.8 Å². The van der Waals surface area contributed by atoms with Crippen LogP contribution < -0.4 is 5.73 Å². The number of hydrogen-bond acceptors (Lipinski definition) is 1. The standard InChI is InChI=1S/C12H16N2/c1-2-9-10-5-3-4-6-11(10)14-12(9)7-8-13/h3-6,14H,2,7-8,13H2,1H3. The molecule has 0 fully saturated rings. The molecule has 14 heavy (non-hydrogen) atoms. The summed E-state index contributed by atoms with van der Waals surface area (Å²) in [6.07, 6.45) is 2.01. The quantitative estimate of drug-likeness (QED) is 0.762. The highest BCUT2D eigenvalue weighted by atomic mass is 14.7. The summed E-state index contributed by atoms with van der Waals surface area (Å²) in [5.74, 6) is 0.